The zero-order valence-corrected chi connectivity index (χ0v) is 18.6. The first kappa shape index (κ1) is 21.2. The number of nitrogens with zero attached hydrogens (tertiary/aromatic N) is 1. The minimum Gasteiger partial charge on any atom is -0.449 e. The molecule has 0 spiro atoms. The summed E-state index contributed by atoms with van der Waals surface area (Å²) in [6.45, 7) is 8.19. The van der Waals surface area contributed by atoms with Crippen LogP contribution in [0.1, 0.15) is 51.2 Å². The van der Waals surface area contributed by atoms with Gasteiger partial charge in [0.1, 0.15) is 12.2 Å². The molecule has 0 unspecified atom stereocenters. The van der Waals surface area contributed by atoms with Gasteiger partial charge < -0.3 is 19.7 Å². The van der Waals surface area contributed by atoms with Crippen molar-refractivity contribution in [2.75, 3.05) is 13.2 Å². The Balaban J connectivity index is 1.35. The summed E-state index contributed by atoms with van der Waals surface area (Å²) in [4.78, 5) is 26.6. The predicted octanol–water partition coefficient (Wildman–Crippen LogP) is 4.92. The molecule has 0 aromatic heterocycles. The molecule has 31 heavy (non-hydrogen) atoms. The highest BCUT2D eigenvalue weighted by Crippen LogP contribution is 2.44. The summed E-state index contributed by atoms with van der Waals surface area (Å²) in [6.07, 6.45) is -0.134. The molecule has 6 heteroatoms. The fraction of sp³-hybridized carbons (Fsp3) is 0.440. The molecule has 0 bridgehead atoms. The van der Waals surface area contributed by atoms with Crippen molar-refractivity contribution in [2.24, 2.45) is 0 Å². The van der Waals surface area contributed by atoms with Crippen molar-refractivity contribution in [1.29, 1.82) is 0 Å². The van der Waals surface area contributed by atoms with E-state index in [1.165, 1.54) is 22.3 Å². The van der Waals surface area contributed by atoms with Gasteiger partial charge in [-0.05, 0) is 56.4 Å². The Bertz CT molecular complexity index is 936. The van der Waals surface area contributed by atoms with E-state index in [4.69, 9.17) is 9.47 Å². The first-order valence-electron chi connectivity index (χ1n) is 10.8. The number of likely N-dealkylation sites (tertiary alicyclic amines) is 1. The zero-order valence-electron chi connectivity index (χ0n) is 18.6. The third-order valence-corrected chi connectivity index (χ3v) is 5.87. The Hall–Kier alpha value is -3.02. The molecule has 2 aromatic carbocycles. The van der Waals surface area contributed by atoms with E-state index in [1.807, 2.05) is 52.0 Å². The monoisotopic (exact) mass is 422 g/mol. The maximum absolute atomic E-state index is 12.5. The SMILES string of the molecule is C[C@@H]1C[C@H](NC(=O)OCC2c3ccccc3-c3ccccc32)CN1C(=O)OC(C)(C)C. The number of hydrogen-bond donors (Lipinski definition) is 1. The number of amides is 2. The van der Waals surface area contributed by atoms with Crippen LogP contribution < -0.4 is 5.32 Å². The van der Waals surface area contributed by atoms with Gasteiger partial charge in [-0.1, -0.05) is 48.5 Å². The molecular weight excluding hydrogens is 392 g/mol. The van der Waals surface area contributed by atoms with Gasteiger partial charge in [-0.2, -0.15) is 0 Å². The van der Waals surface area contributed by atoms with Gasteiger partial charge in [0, 0.05) is 18.5 Å². The number of carbonyl (C=O) groups is 2. The maximum atomic E-state index is 12.5. The fourth-order valence-corrected chi connectivity index (χ4v) is 4.52. The molecule has 2 aromatic rings. The number of fused-ring (bicyclic) bond motifs is 3. The first-order chi connectivity index (χ1) is 14.7. The van der Waals surface area contributed by atoms with Crippen LogP contribution in [0.5, 0.6) is 0 Å². The van der Waals surface area contributed by atoms with Gasteiger partial charge in [-0.3, -0.25) is 0 Å². The van der Waals surface area contributed by atoms with Crippen molar-refractivity contribution >= 4 is 12.2 Å². The molecule has 1 N–H and O–H groups in total. The molecule has 1 saturated heterocycles. The molecule has 1 heterocycles. The fourth-order valence-electron chi connectivity index (χ4n) is 4.52. The molecule has 2 aliphatic rings. The van der Waals surface area contributed by atoms with Crippen LogP contribution in [0.2, 0.25) is 0 Å². The highest BCUT2D eigenvalue weighted by Gasteiger charge is 2.36. The first-order valence-corrected chi connectivity index (χ1v) is 10.8. The van der Waals surface area contributed by atoms with Crippen molar-refractivity contribution in [2.45, 2.75) is 57.7 Å². The van der Waals surface area contributed by atoms with E-state index in [-0.39, 0.29) is 30.7 Å². The lowest BCUT2D eigenvalue weighted by molar-refractivity contribution is 0.0235. The lowest BCUT2D eigenvalue weighted by atomic mass is 9.98. The molecular formula is C25H30N2O4. The van der Waals surface area contributed by atoms with E-state index in [9.17, 15) is 9.59 Å². The third kappa shape index (κ3) is 4.53. The summed E-state index contributed by atoms with van der Waals surface area (Å²) in [5, 5.41) is 2.92. The second-order valence-electron chi connectivity index (χ2n) is 9.38. The van der Waals surface area contributed by atoms with Crippen LogP contribution in [0.25, 0.3) is 11.1 Å². The Morgan fingerprint density at radius 3 is 2.19 bits per heavy atom. The summed E-state index contributed by atoms with van der Waals surface area (Å²) < 4.78 is 11.1. The smallest absolute Gasteiger partial charge is 0.410 e. The number of rotatable bonds is 3. The predicted molar refractivity (Wildman–Crippen MR) is 119 cm³/mol. The Morgan fingerprint density at radius 2 is 1.61 bits per heavy atom. The van der Waals surface area contributed by atoms with E-state index in [0.717, 1.165) is 0 Å². The van der Waals surface area contributed by atoms with Gasteiger partial charge in [-0.25, -0.2) is 9.59 Å². The van der Waals surface area contributed by atoms with Gasteiger partial charge in [0.25, 0.3) is 0 Å². The van der Waals surface area contributed by atoms with Crippen molar-refractivity contribution in [1.82, 2.24) is 10.2 Å². The summed E-state index contributed by atoms with van der Waals surface area (Å²) in [7, 11) is 0. The van der Waals surface area contributed by atoms with Crippen LogP contribution in [0.4, 0.5) is 9.59 Å². The molecule has 0 radical (unpaired) electrons. The van der Waals surface area contributed by atoms with Crippen molar-refractivity contribution in [3.63, 3.8) is 0 Å². The van der Waals surface area contributed by atoms with Crippen molar-refractivity contribution < 1.29 is 19.1 Å². The number of benzene rings is 2. The number of nitrogens with one attached hydrogen (secondary N) is 1. The molecule has 1 aliphatic carbocycles. The molecule has 2 amide bonds. The Labute approximate surface area is 183 Å². The lowest BCUT2D eigenvalue weighted by Gasteiger charge is -2.26. The highest BCUT2D eigenvalue weighted by molar-refractivity contribution is 5.79. The standard InChI is InChI=1S/C25H30N2O4/c1-16-13-17(14-27(16)24(29)31-25(2,3)4)26-23(28)30-15-22-20-11-7-5-9-18(20)19-10-6-8-12-21(19)22/h5-12,16-17,22H,13-15H2,1-4H3,(H,26,28)/t16-,17+/m1/s1. The number of carbonyl (C=O) groups excluding carboxylic acids is 2. The highest BCUT2D eigenvalue weighted by atomic mass is 16.6. The zero-order chi connectivity index (χ0) is 22.2. The second kappa shape index (κ2) is 8.25. The number of alkyl carbamates (subject to hydrolysis) is 1. The van der Waals surface area contributed by atoms with Crippen LogP contribution in [0.3, 0.4) is 0 Å². The van der Waals surface area contributed by atoms with Gasteiger partial charge >= 0.3 is 12.2 Å². The largest absolute Gasteiger partial charge is 0.449 e. The van der Waals surface area contributed by atoms with Crippen molar-refractivity contribution in [3.8, 4) is 11.1 Å². The van der Waals surface area contributed by atoms with Gasteiger partial charge in [0.2, 0.25) is 0 Å². The van der Waals surface area contributed by atoms with E-state index in [0.29, 0.717) is 13.0 Å². The van der Waals surface area contributed by atoms with E-state index < -0.39 is 11.7 Å². The Morgan fingerprint density at radius 1 is 1.03 bits per heavy atom. The summed E-state index contributed by atoms with van der Waals surface area (Å²) in [5.41, 5.74) is 4.22. The maximum Gasteiger partial charge on any atom is 0.410 e. The van der Waals surface area contributed by atoms with Crippen molar-refractivity contribution in [3.05, 3.63) is 59.7 Å². The quantitative estimate of drug-likeness (QED) is 0.762. The van der Waals surface area contributed by atoms with Crippen LogP contribution >= 0.6 is 0 Å². The van der Waals surface area contributed by atoms with Crippen LogP contribution in [0.15, 0.2) is 48.5 Å². The normalized spacial score (nSPS) is 20.2. The molecule has 6 nitrogen and oxygen atoms in total. The van der Waals surface area contributed by atoms with Crippen LogP contribution in [-0.2, 0) is 9.47 Å². The second-order valence-corrected chi connectivity index (χ2v) is 9.38. The van der Waals surface area contributed by atoms with E-state index in [1.54, 1.807) is 4.90 Å². The van der Waals surface area contributed by atoms with Crippen LogP contribution in [0, 0.1) is 0 Å². The minimum atomic E-state index is -0.547. The molecule has 4 rings (SSSR count). The van der Waals surface area contributed by atoms with Crippen LogP contribution in [-0.4, -0.2) is 47.9 Å². The molecule has 0 saturated carbocycles. The molecule has 164 valence electrons. The molecule has 1 fully saturated rings. The molecule has 1 aliphatic heterocycles. The average Bonchev–Trinajstić information content (AvgIpc) is 3.23. The number of hydrogen-bond acceptors (Lipinski definition) is 4. The molecule has 2 atom stereocenters. The lowest BCUT2D eigenvalue weighted by Crippen LogP contribution is -2.41. The topological polar surface area (TPSA) is 67.9 Å². The summed E-state index contributed by atoms with van der Waals surface area (Å²) in [6, 6.07) is 16.3. The number of ether oxygens (including phenoxy) is 2. The van der Waals surface area contributed by atoms with E-state index in [2.05, 4.69) is 29.6 Å². The van der Waals surface area contributed by atoms with Gasteiger partial charge in [0.15, 0.2) is 0 Å². The third-order valence-electron chi connectivity index (χ3n) is 5.87. The van der Waals surface area contributed by atoms with E-state index >= 15 is 0 Å². The van der Waals surface area contributed by atoms with Gasteiger partial charge in [0.05, 0.1) is 6.04 Å². The average molecular weight is 423 g/mol. The minimum absolute atomic E-state index is 0.00580. The Kier molecular flexibility index (Phi) is 5.65. The van der Waals surface area contributed by atoms with Gasteiger partial charge in [-0.15, -0.1) is 0 Å². The summed E-state index contributed by atoms with van der Waals surface area (Å²) >= 11 is 0. The summed E-state index contributed by atoms with van der Waals surface area (Å²) in [5.74, 6) is 0.0268.